The Hall–Kier alpha value is -3.06. The van der Waals surface area contributed by atoms with Crippen molar-refractivity contribution in [2.45, 2.75) is 26.3 Å². The number of anilines is 1. The van der Waals surface area contributed by atoms with E-state index < -0.39 is 0 Å². The van der Waals surface area contributed by atoms with Crippen LogP contribution in [0.5, 0.6) is 0 Å². The number of nitrogens with zero attached hydrogens (tertiary/aromatic N) is 3. The molecule has 7 heteroatoms. The van der Waals surface area contributed by atoms with Gasteiger partial charge in [0.2, 0.25) is 5.91 Å². The maximum Gasteiger partial charge on any atom is 0.263 e. The first kappa shape index (κ1) is 19.3. The first-order valence-corrected chi connectivity index (χ1v) is 10.4. The number of hydrogen-bond donors (Lipinski definition) is 1. The summed E-state index contributed by atoms with van der Waals surface area (Å²) < 4.78 is 0. The van der Waals surface area contributed by atoms with Crippen LogP contribution in [-0.2, 0) is 17.8 Å². The van der Waals surface area contributed by atoms with E-state index in [1.54, 1.807) is 24.2 Å². The molecule has 0 saturated carbocycles. The highest BCUT2D eigenvalue weighted by molar-refractivity contribution is 7.17. The second-order valence-corrected chi connectivity index (χ2v) is 8.10. The molecule has 1 fully saturated rings. The Kier molecular flexibility index (Phi) is 5.67. The van der Waals surface area contributed by atoms with Crippen molar-refractivity contribution in [1.82, 2.24) is 15.3 Å². The van der Waals surface area contributed by atoms with Crippen LogP contribution in [0.2, 0.25) is 0 Å². The number of aromatic nitrogens is 2. The molecule has 0 bridgehead atoms. The molecular weight excluding hydrogens is 384 g/mol. The summed E-state index contributed by atoms with van der Waals surface area (Å²) in [7, 11) is 0. The Morgan fingerprint density at radius 3 is 2.76 bits per heavy atom. The van der Waals surface area contributed by atoms with Crippen LogP contribution in [0.4, 0.5) is 5.13 Å². The fourth-order valence-corrected chi connectivity index (χ4v) is 4.51. The van der Waals surface area contributed by atoms with Crippen molar-refractivity contribution in [2.75, 3.05) is 11.4 Å². The monoisotopic (exact) mass is 406 g/mol. The van der Waals surface area contributed by atoms with E-state index in [0.717, 1.165) is 18.4 Å². The van der Waals surface area contributed by atoms with E-state index in [2.05, 4.69) is 15.3 Å². The third-order valence-electron chi connectivity index (χ3n) is 5.04. The average molecular weight is 407 g/mol. The largest absolute Gasteiger partial charge is 0.347 e. The lowest BCUT2D eigenvalue weighted by Gasteiger charge is -2.13. The number of aryl methyl sites for hydroxylation is 1. The van der Waals surface area contributed by atoms with E-state index >= 15 is 0 Å². The molecule has 148 valence electrons. The molecule has 3 aromatic rings. The van der Waals surface area contributed by atoms with Gasteiger partial charge in [-0.1, -0.05) is 47.7 Å². The minimum atomic E-state index is -0.178. The number of benzene rings is 1. The summed E-state index contributed by atoms with van der Waals surface area (Å²) in [5, 5.41) is 3.51. The van der Waals surface area contributed by atoms with E-state index in [1.165, 1.54) is 16.9 Å². The average Bonchev–Trinajstić information content (AvgIpc) is 3.30. The summed E-state index contributed by atoms with van der Waals surface area (Å²) >= 11 is 1.28. The molecule has 4 rings (SSSR count). The van der Waals surface area contributed by atoms with Gasteiger partial charge < -0.3 is 5.32 Å². The lowest BCUT2D eigenvalue weighted by atomic mass is 9.98. The summed E-state index contributed by atoms with van der Waals surface area (Å²) in [5.41, 5.74) is 2.74. The minimum Gasteiger partial charge on any atom is -0.347 e. The van der Waals surface area contributed by atoms with Gasteiger partial charge in [-0.05, 0) is 37.0 Å². The molecule has 6 nitrogen and oxygen atoms in total. The van der Waals surface area contributed by atoms with Crippen molar-refractivity contribution in [3.05, 3.63) is 76.6 Å². The van der Waals surface area contributed by atoms with Gasteiger partial charge >= 0.3 is 0 Å². The van der Waals surface area contributed by atoms with Crippen LogP contribution in [0.25, 0.3) is 0 Å². The summed E-state index contributed by atoms with van der Waals surface area (Å²) in [6, 6.07) is 13.8. The van der Waals surface area contributed by atoms with E-state index in [4.69, 9.17) is 0 Å². The highest BCUT2D eigenvalue weighted by Crippen LogP contribution is 2.32. The highest BCUT2D eigenvalue weighted by atomic mass is 32.1. The van der Waals surface area contributed by atoms with Gasteiger partial charge in [0.15, 0.2) is 5.13 Å². The SMILES string of the molecule is Cc1nc(N2CCC(Cc3ccccc3)C2=O)sc1C(=O)NCc1cccnc1. The molecule has 1 aliphatic rings. The van der Waals surface area contributed by atoms with Gasteiger partial charge in [0.25, 0.3) is 5.91 Å². The summed E-state index contributed by atoms with van der Waals surface area (Å²) in [6.07, 6.45) is 4.96. The number of pyridine rings is 1. The molecule has 0 spiro atoms. The zero-order valence-electron chi connectivity index (χ0n) is 16.2. The Bertz CT molecular complexity index is 1000. The molecular formula is C22H22N4O2S. The van der Waals surface area contributed by atoms with Crippen molar-refractivity contribution in [3.63, 3.8) is 0 Å². The van der Waals surface area contributed by atoms with Crippen molar-refractivity contribution in [2.24, 2.45) is 5.92 Å². The third-order valence-corrected chi connectivity index (χ3v) is 6.22. The van der Waals surface area contributed by atoms with Crippen LogP contribution in [0, 0.1) is 12.8 Å². The predicted octanol–water partition coefficient (Wildman–Crippen LogP) is 3.37. The maximum atomic E-state index is 12.9. The maximum absolute atomic E-state index is 12.9. The fraction of sp³-hybridized carbons (Fsp3) is 0.273. The van der Waals surface area contributed by atoms with Crippen LogP contribution in [0.3, 0.4) is 0 Å². The number of thiazole rings is 1. The third kappa shape index (κ3) is 4.35. The Balaban J connectivity index is 1.42. The molecule has 0 radical (unpaired) electrons. The second kappa shape index (κ2) is 8.53. The number of nitrogens with one attached hydrogen (secondary N) is 1. The molecule has 1 aliphatic heterocycles. The standard InChI is InChI=1S/C22H22N4O2S/c1-15-19(20(27)24-14-17-8-5-10-23-13-17)29-22(25-15)26-11-9-18(21(26)28)12-16-6-3-2-4-7-16/h2-8,10,13,18H,9,11-12,14H2,1H3,(H,24,27). The Labute approximate surface area is 173 Å². The quantitative estimate of drug-likeness (QED) is 0.681. The topological polar surface area (TPSA) is 75.2 Å². The zero-order valence-corrected chi connectivity index (χ0v) is 17.0. The minimum absolute atomic E-state index is 0.0375. The number of carbonyl (C=O) groups excluding carboxylic acids is 2. The Morgan fingerprint density at radius 2 is 2.00 bits per heavy atom. The molecule has 0 aliphatic carbocycles. The van der Waals surface area contributed by atoms with Crippen LogP contribution in [0.15, 0.2) is 54.9 Å². The van der Waals surface area contributed by atoms with Crippen molar-refractivity contribution >= 4 is 28.3 Å². The molecule has 2 amide bonds. The van der Waals surface area contributed by atoms with Gasteiger partial charge in [-0.2, -0.15) is 0 Å². The lowest BCUT2D eigenvalue weighted by Crippen LogP contribution is -2.27. The van der Waals surface area contributed by atoms with Crippen LogP contribution in [-0.4, -0.2) is 28.3 Å². The van der Waals surface area contributed by atoms with Crippen LogP contribution >= 0.6 is 11.3 Å². The van der Waals surface area contributed by atoms with Gasteiger partial charge in [-0.3, -0.25) is 19.5 Å². The highest BCUT2D eigenvalue weighted by Gasteiger charge is 2.34. The van der Waals surface area contributed by atoms with E-state index in [9.17, 15) is 9.59 Å². The first-order chi connectivity index (χ1) is 14.1. The van der Waals surface area contributed by atoms with Crippen molar-refractivity contribution in [3.8, 4) is 0 Å². The van der Waals surface area contributed by atoms with Gasteiger partial charge in [0.1, 0.15) is 4.88 Å². The summed E-state index contributed by atoms with van der Waals surface area (Å²) in [6.45, 7) is 2.85. The molecule has 29 heavy (non-hydrogen) atoms. The number of rotatable bonds is 6. The second-order valence-electron chi connectivity index (χ2n) is 7.12. The van der Waals surface area contributed by atoms with Crippen LogP contribution < -0.4 is 10.2 Å². The molecule has 1 saturated heterocycles. The summed E-state index contributed by atoms with van der Waals surface area (Å²) in [5.74, 6) is -0.128. The smallest absolute Gasteiger partial charge is 0.263 e. The van der Waals surface area contributed by atoms with E-state index in [0.29, 0.717) is 28.8 Å². The molecule has 1 N–H and O–H groups in total. The number of hydrogen-bond acceptors (Lipinski definition) is 5. The zero-order chi connectivity index (χ0) is 20.2. The number of amides is 2. The molecule has 1 atom stereocenters. The van der Waals surface area contributed by atoms with E-state index in [-0.39, 0.29) is 17.7 Å². The molecule has 2 aromatic heterocycles. The van der Waals surface area contributed by atoms with Crippen molar-refractivity contribution < 1.29 is 9.59 Å². The van der Waals surface area contributed by atoms with Gasteiger partial charge in [-0.25, -0.2) is 4.98 Å². The molecule has 1 unspecified atom stereocenters. The van der Waals surface area contributed by atoms with Gasteiger partial charge in [0, 0.05) is 31.4 Å². The van der Waals surface area contributed by atoms with Crippen molar-refractivity contribution in [1.29, 1.82) is 0 Å². The number of carbonyl (C=O) groups is 2. The lowest BCUT2D eigenvalue weighted by molar-refractivity contribution is -0.120. The van der Waals surface area contributed by atoms with Gasteiger partial charge in [-0.15, -0.1) is 0 Å². The van der Waals surface area contributed by atoms with Gasteiger partial charge in [0.05, 0.1) is 5.69 Å². The molecule has 1 aromatic carbocycles. The Morgan fingerprint density at radius 1 is 1.21 bits per heavy atom. The first-order valence-electron chi connectivity index (χ1n) is 9.61. The fourth-order valence-electron chi connectivity index (χ4n) is 3.49. The van der Waals surface area contributed by atoms with E-state index in [1.807, 2.05) is 42.5 Å². The van der Waals surface area contributed by atoms with Crippen LogP contribution in [0.1, 0.15) is 32.9 Å². The summed E-state index contributed by atoms with van der Waals surface area (Å²) in [4.78, 5) is 36.3. The normalized spacial score (nSPS) is 16.2. The predicted molar refractivity (Wildman–Crippen MR) is 113 cm³/mol. The molecule has 3 heterocycles.